The first-order chi connectivity index (χ1) is 21.2. The number of nitrogens with zero attached hydrogens (tertiary/aromatic N) is 3. The van der Waals surface area contributed by atoms with Gasteiger partial charge in [-0.05, 0) is 61.9 Å². The van der Waals surface area contributed by atoms with Crippen molar-refractivity contribution >= 4 is 42.2 Å². The first-order valence-electron chi connectivity index (χ1n) is 15.1. The summed E-state index contributed by atoms with van der Waals surface area (Å²) in [5.41, 5.74) is 0.466. The fourth-order valence-electron chi connectivity index (χ4n) is 6.38. The molecule has 0 aliphatic carbocycles. The summed E-state index contributed by atoms with van der Waals surface area (Å²) in [6.07, 6.45) is 0.460. The van der Waals surface area contributed by atoms with Crippen molar-refractivity contribution in [2.75, 3.05) is 6.54 Å². The van der Waals surface area contributed by atoms with Gasteiger partial charge in [-0.25, -0.2) is 14.6 Å². The van der Waals surface area contributed by atoms with Gasteiger partial charge in [-0.2, -0.15) is 5.26 Å². The molecule has 236 valence electrons. The fourth-order valence-corrected chi connectivity index (χ4v) is 9.65. The Hall–Kier alpha value is -4.50. The van der Waals surface area contributed by atoms with Crippen LogP contribution in [-0.2, 0) is 42.6 Å². The van der Waals surface area contributed by atoms with Crippen LogP contribution in [0.3, 0.4) is 0 Å². The van der Waals surface area contributed by atoms with Crippen molar-refractivity contribution in [3.8, 4) is 17.5 Å². The first kappa shape index (κ1) is 31.9. The number of fused-ring (bicyclic) bond motifs is 5. The van der Waals surface area contributed by atoms with E-state index in [0.29, 0.717) is 24.4 Å². The van der Waals surface area contributed by atoms with Gasteiger partial charge in [-0.3, -0.25) is 9.59 Å². The number of aromatic nitrogens is 2. The Morgan fingerprint density at radius 3 is 2.62 bits per heavy atom. The van der Waals surface area contributed by atoms with E-state index < -0.39 is 43.9 Å². The molecule has 1 amide bonds. The summed E-state index contributed by atoms with van der Waals surface area (Å²) in [6, 6.07) is 12.8. The number of nitriles is 1. The van der Waals surface area contributed by atoms with Crippen molar-refractivity contribution < 1.29 is 28.6 Å². The highest BCUT2D eigenvalue weighted by molar-refractivity contribution is 6.91. The minimum atomic E-state index is -2.13. The Kier molecular flexibility index (Phi) is 8.35. The van der Waals surface area contributed by atoms with Gasteiger partial charge in [0.05, 0.1) is 43.2 Å². The van der Waals surface area contributed by atoms with Gasteiger partial charge in [0.1, 0.15) is 18.8 Å². The van der Waals surface area contributed by atoms with Crippen molar-refractivity contribution in [3.63, 3.8) is 0 Å². The maximum atomic E-state index is 14.1. The summed E-state index contributed by atoms with van der Waals surface area (Å²) in [6.45, 7) is 10.8. The molecule has 12 heteroatoms. The van der Waals surface area contributed by atoms with E-state index in [4.69, 9.17) is 19.2 Å². The van der Waals surface area contributed by atoms with Crippen molar-refractivity contribution in [1.29, 1.82) is 5.26 Å². The van der Waals surface area contributed by atoms with E-state index in [1.54, 1.807) is 38.3 Å². The Balaban J connectivity index is 1.60. The summed E-state index contributed by atoms with van der Waals surface area (Å²) in [5.74, 6) is -1.67. The molecule has 0 saturated carbocycles. The van der Waals surface area contributed by atoms with E-state index in [1.165, 1.54) is 5.19 Å². The van der Waals surface area contributed by atoms with Gasteiger partial charge < -0.3 is 24.1 Å². The second kappa shape index (κ2) is 11.8. The molecule has 3 aromatic rings. The van der Waals surface area contributed by atoms with Crippen LogP contribution < -0.4 is 16.1 Å². The summed E-state index contributed by atoms with van der Waals surface area (Å²) >= 11 is 0. The third kappa shape index (κ3) is 5.84. The monoisotopic (exact) mass is 630 g/mol. The average molecular weight is 631 g/mol. The number of hydrogen-bond donors (Lipinski definition) is 1. The SMILES string of the molecule is CCC1(OC(=O)CNC(=O)OC(C)(C)C)C(=O)OCc2c1cc1n(c2=O)Cc2c-1nc1ccccc1c2[Si](C)(C)CCCC#N. The van der Waals surface area contributed by atoms with E-state index in [-0.39, 0.29) is 29.7 Å². The zero-order chi connectivity index (χ0) is 32.7. The normalized spacial score (nSPS) is 17.0. The number of amides is 1. The Morgan fingerprint density at radius 2 is 1.93 bits per heavy atom. The summed E-state index contributed by atoms with van der Waals surface area (Å²) in [4.78, 5) is 57.6. The van der Waals surface area contributed by atoms with E-state index >= 15 is 0 Å². The molecule has 1 aromatic carbocycles. The molecule has 2 aliphatic heterocycles. The van der Waals surface area contributed by atoms with Crippen molar-refractivity contribution in [2.45, 2.75) is 90.4 Å². The number of carbonyl (C=O) groups is 3. The number of pyridine rings is 2. The second-order valence-corrected chi connectivity index (χ2v) is 17.9. The molecular formula is C33H38N4O7Si. The van der Waals surface area contributed by atoms with E-state index in [1.807, 2.05) is 18.2 Å². The zero-order valence-corrected chi connectivity index (χ0v) is 27.5. The van der Waals surface area contributed by atoms with Gasteiger partial charge in [0, 0.05) is 12.0 Å². The smallest absolute Gasteiger partial charge is 0.408 e. The van der Waals surface area contributed by atoms with Crippen LogP contribution in [0.25, 0.3) is 22.3 Å². The lowest BCUT2D eigenvalue weighted by atomic mass is 9.85. The van der Waals surface area contributed by atoms with Crippen LogP contribution in [0.15, 0.2) is 35.1 Å². The molecule has 0 bridgehead atoms. The third-order valence-electron chi connectivity index (χ3n) is 8.39. The largest absolute Gasteiger partial charge is 0.457 e. The van der Waals surface area contributed by atoms with Gasteiger partial charge in [0.25, 0.3) is 5.56 Å². The van der Waals surface area contributed by atoms with Gasteiger partial charge in [0.15, 0.2) is 0 Å². The highest BCUT2D eigenvalue weighted by Crippen LogP contribution is 2.41. The van der Waals surface area contributed by atoms with Crippen LogP contribution in [0.2, 0.25) is 19.1 Å². The van der Waals surface area contributed by atoms with Crippen molar-refractivity contribution in [2.24, 2.45) is 0 Å². The number of cyclic esters (lactones) is 1. The zero-order valence-electron chi connectivity index (χ0n) is 26.5. The highest BCUT2D eigenvalue weighted by Gasteiger charge is 2.50. The highest BCUT2D eigenvalue weighted by atomic mass is 28.3. The maximum Gasteiger partial charge on any atom is 0.408 e. The lowest BCUT2D eigenvalue weighted by Crippen LogP contribution is -2.49. The van der Waals surface area contributed by atoms with Gasteiger partial charge in [0.2, 0.25) is 5.60 Å². The molecule has 0 spiro atoms. The Bertz CT molecular complexity index is 1820. The number of carbonyl (C=O) groups excluding carboxylic acids is 3. The summed E-state index contributed by atoms with van der Waals surface area (Å²) in [5, 5.41) is 13.8. The molecule has 11 nitrogen and oxygen atoms in total. The number of para-hydroxylation sites is 1. The number of rotatable bonds is 8. The standard InChI is InChI=1S/C33H38N4O7Si/c1-7-33(43-26(38)17-35-31(41)44-32(2,3)4)23-16-25-27-21(18-37(25)29(39)22(23)19-42-30(33)40)28(45(5,6)15-11-10-14-34)20-12-8-9-13-24(20)36-27/h8-9,12-13,16H,7,10-11,15,17-19H2,1-6H3,(H,35,41). The molecule has 4 heterocycles. The van der Waals surface area contributed by atoms with E-state index in [2.05, 4.69) is 30.5 Å². The predicted octanol–water partition coefficient (Wildman–Crippen LogP) is 4.37. The summed E-state index contributed by atoms with van der Waals surface area (Å²) < 4.78 is 18.1. The number of ether oxygens (including phenoxy) is 3. The predicted molar refractivity (Wildman–Crippen MR) is 169 cm³/mol. The quantitative estimate of drug-likeness (QED) is 0.130. The lowest BCUT2D eigenvalue weighted by Gasteiger charge is -2.35. The minimum absolute atomic E-state index is 0.00198. The number of hydrogen-bond acceptors (Lipinski definition) is 9. The number of alkyl carbamates (subject to hydrolysis) is 1. The summed E-state index contributed by atoms with van der Waals surface area (Å²) in [7, 11) is -2.13. The van der Waals surface area contributed by atoms with Crippen LogP contribution in [-0.4, -0.2) is 47.8 Å². The lowest BCUT2D eigenvalue weighted by molar-refractivity contribution is -0.188. The molecule has 1 N–H and O–H groups in total. The van der Waals surface area contributed by atoms with Crippen LogP contribution >= 0.6 is 0 Å². The van der Waals surface area contributed by atoms with Gasteiger partial charge in [-0.15, -0.1) is 0 Å². The van der Waals surface area contributed by atoms with Crippen LogP contribution in [0.1, 0.15) is 63.6 Å². The number of unbranched alkanes of at least 4 members (excludes halogenated alkanes) is 1. The first-order valence-corrected chi connectivity index (χ1v) is 18.4. The van der Waals surface area contributed by atoms with Crippen molar-refractivity contribution in [3.05, 3.63) is 57.4 Å². The molecular weight excluding hydrogens is 592 g/mol. The maximum absolute atomic E-state index is 14.1. The molecule has 0 fully saturated rings. The minimum Gasteiger partial charge on any atom is -0.457 e. The van der Waals surface area contributed by atoms with Gasteiger partial charge in [-0.1, -0.05) is 44.3 Å². The van der Waals surface area contributed by atoms with Gasteiger partial charge >= 0.3 is 18.0 Å². The molecule has 0 saturated heterocycles. The van der Waals surface area contributed by atoms with E-state index in [0.717, 1.165) is 28.9 Å². The van der Waals surface area contributed by atoms with Crippen molar-refractivity contribution in [1.82, 2.24) is 14.9 Å². The molecule has 2 aromatic heterocycles. The fraction of sp³-hybridized carbons (Fsp3) is 0.455. The number of esters is 2. The Morgan fingerprint density at radius 1 is 1.20 bits per heavy atom. The Labute approximate surface area is 262 Å². The van der Waals surface area contributed by atoms with E-state index in [9.17, 15) is 24.4 Å². The molecule has 2 aliphatic rings. The molecule has 1 unspecified atom stereocenters. The number of benzene rings is 1. The van der Waals surface area contributed by atoms with Crippen LogP contribution in [0.5, 0.6) is 0 Å². The average Bonchev–Trinajstić information content (AvgIpc) is 3.33. The second-order valence-electron chi connectivity index (χ2n) is 13.1. The molecule has 0 radical (unpaired) electrons. The topological polar surface area (TPSA) is 150 Å². The van der Waals surface area contributed by atoms with Crippen LogP contribution in [0.4, 0.5) is 4.79 Å². The van der Waals surface area contributed by atoms with Crippen LogP contribution in [0, 0.1) is 11.3 Å². The third-order valence-corrected chi connectivity index (χ3v) is 11.9. The number of nitrogens with one attached hydrogen (secondary N) is 1. The molecule has 45 heavy (non-hydrogen) atoms. The molecule has 1 atom stereocenters. The molecule has 5 rings (SSSR count).